The first-order valence-electron chi connectivity index (χ1n) is 7.59. The highest BCUT2D eigenvalue weighted by atomic mass is 32.4. The maximum absolute atomic E-state index is 5.60. The SMILES string of the molecule is CCCCCC(c1ccc(C(C)CC)cc1)[P+](C)=S. The van der Waals surface area contributed by atoms with Crippen LogP contribution in [-0.4, -0.2) is 6.66 Å². The largest absolute Gasteiger partial charge is 0.179 e. The van der Waals surface area contributed by atoms with Gasteiger partial charge in [0.2, 0.25) is 0 Å². The monoisotopic (exact) mass is 295 g/mol. The molecular formula is C17H28PS+. The van der Waals surface area contributed by atoms with Gasteiger partial charge in [0.1, 0.15) is 6.66 Å². The minimum absolute atomic E-state index is 0.302. The summed E-state index contributed by atoms with van der Waals surface area (Å²) in [4.78, 5) is 0. The summed E-state index contributed by atoms with van der Waals surface area (Å²) in [5.41, 5.74) is 3.54. The molecule has 3 unspecified atom stereocenters. The summed E-state index contributed by atoms with van der Waals surface area (Å²) in [6.07, 6.45) is 6.42. The van der Waals surface area contributed by atoms with Crippen LogP contribution in [0.15, 0.2) is 24.3 Å². The second-order valence-electron chi connectivity index (χ2n) is 5.53. The summed E-state index contributed by atoms with van der Waals surface area (Å²) >= 11 is 5.60. The van der Waals surface area contributed by atoms with E-state index in [0.717, 1.165) is 0 Å². The normalized spacial score (nSPS) is 15.1. The van der Waals surface area contributed by atoms with E-state index >= 15 is 0 Å². The Morgan fingerprint density at radius 2 is 1.63 bits per heavy atom. The Labute approximate surface area is 125 Å². The van der Waals surface area contributed by atoms with Gasteiger partial charge in [-0.25, -0.2) is 0 Å². The molecule has 0 aromatic heterocycles. The molecule has 1 rings (SSSR count). The van der Waals surface area contributed by atoms with Gasteiger partial charge in [0.05, 0.1) is 0 Å². The van der Waals surface area contributed by atoms with Gasteiger partial charge < -0.3 is 0 Å². The van der Waals surface area contributed by atoms with Crippen molar-refractivity contribution in [1.82, 2.24) is 0 Å². The third-order valence-electron chi connectivity index (χ3n) is 4.02. The Kier molecular flexibility index (Phi) is 7.80. The van der Waals surface area contributed by atoms with E-state index in [1.54, 1.807) is 0 Å². The standard InChI is InChI=1S/C17H28PS/c1-5-7-8-9-17(18(4)19)16-12-10-15(11-13-16)14(3)6-2/h10-14,17H,5-9H2,1-4H3/q+1. The van der Waals surface area contributed by atoms with E-state index in [1.807, 2.05) is 0 Å². The van der Waals surface area contributed by atoms with Crippen molar-refractivity contribution in [3.8, 4) is 0 Å². The second kappa shape index (κ2) is 8.82. The molecule has 0 fully saturated rings. The fourth-order valence-electron chi connectivity index (χ4n) is 2.43. The van der Waals surface area contributed by atoms with Gasteiger partial charge >= 0.3 is 0 Å². The lowest BCUT2D eigenvalue weighted by atomic mass is 9.96. The molecule has 0 aliphatic heterocycles. The molecule has 1 aromatic carbocycles. The molecule has 0 N–H and O–H groups in total. The first kappa shape index (κ1) is 16.8. The molecule has 0 aliphatic rings. The van der Waals surface area contributed by atoms with Crippen LogP contribution in [0.5, 0.6) is 0 Å². The Bertz CT molecular complexity index is 383. The molecule has 0 aliphatic carbocycles. The molecular weight excluding hydrogens is 267 g/mol. The predicted molar refractivity (Wildman–Crippen MR) is 92.2 cm³/mol. The lowest BCUT2D eigenvalue weighted by Crippen LogP contribution is -1.96. The van der Waals surface area contributed by atoms with Crippen LogP contribution in [0.2, 0.25) is 0 Å². The van der Waals surface area contributed by atoms with Crippen LogP contribution in [0.3, 0.4) is 0 Å². The molecule has 106 valence electrons. The zero-order valence-electron chi connectivity index (χ0n) is 12.9. The minimum atomic E-state index is -0.302. The van der Waals surface area contributed by atoms with E-state index in [1.165, 1.54) is 43.2 Å². The third kappa shape index (κ3) is 5.32. The number of benzene rings is 1. The van der Waals surface area contributed by atoms with Crippen LogP contribution >= 0.6 is 6.70 Å². The average molecular weight is 295 g/mol. The van der Waals surface area contributed by atoms with Crippen LogP contribution in [-0.2, 0) is 11.8 Å². The topological polar surface area (TPSA) is 0 Å². The molecule has 19 heavy (non-hydrogen) atoms. The van der Waals surface area contributed by atoms with E-state index in [2.05, 4.69) is 51.7 Å². The Balaban J connectivity index is 2.76. The zero-order chi connectivity index (χ0) is 14.3. The second-order valence-corrected chi connectivity index (χ2v) is 8.98. The van der Waals surface area contributed by atoms with Crippen molar-refractivity contribution in [2.24, 2.45) is 0 Å². The number of hydrogen-bond acceptors (Lipinski definition) is 1. The van der Waals surface area contributed by atoms with Gasteiger partial charge in [-0.1, -0.05) is 57.9 Å². The van der Waals surface area contributed by atoms with Crippen molar-refractivity contribution in [3.05, 3.63) is 35.4 Å². The van der Waals surface area contributed by atoms with Gasteiger partial charge in [0.25, 0.3) is 0 Å². The van der Waals surface area contributed by atoms with Crippen molar-refractivity contribution < 1.29 is 0 Å². The minimum Gasteiger partial charge on any atom is -0.0654 e. The van der Waals surface area contributed by atoms with Gasteiger partial charge in [-0.2, -0.15) is 0 Å². The first-order valence-corrected chi connectivity index (χ1v) is 10.5. The molecule has 1 aromatic rings. The summed E-state index contributed by atoms with van der Waals surface area (Å²) < 4.78 is 0. The van der Waals surface area contributed by atoms with Crippen LogP contribution in [0, 0.1) is 0 Å². The molecule has 0 spiro atoms. The molecule has 0 saturated heterocycles. The molecule has 0 bridgehead atoms. The highest BCUT2D eigenvalue weighted by Crippen LogP contribution is 2.42. The molecule has 0 nitrogen and oxygen atoms in total. The van der Waals surface area contributed by atoms with Crippen LogP contribution < -0.4 is 0 Å². The Hall–Kier alpha value is -0.260. The van der Waals surface area contributed by atoms with Crippen molar-refractivity contribution >= 4 is 18.5 Å². The number of rotatable bonds is 8. The first-order chi connectivity index (χ1) is 9.10. The third-order valence-corrected chi connectivity index (χ3v) is 6.22. The van der Waals surface area contributed by atoms with Crippen molar-refractivity contribution in [3.63, 3.8) is 0 Å². The Morgan fingerprint density at radius 3 is 2.11 bits per heavy atom. The fraction of sp³-hybridized carbons (Fsp3) is 0.647. The van der Waals surface area contributed by atoms with Gasteiger partial charge in [0.15, 0.2) is 24.2 Å². The van der Waals surface area contributed by atoms with Crippen molar-refractivity contribution in [2.45, 2.75) is 64.5 Å². The predicted octanol–water partition coefficient (Wildman–Crippen LogP) is 6.40. The van der Waals surface area contributed by atoms with Crippen LogP contribution in [0.25, 0.3) is 0 Å². The van der Waals surface area contributed by atoms with E-state index in [9.17, 15) is 0 Å². The van der Waals surface area contributed by atoms with Gasteiger partial charge in [-0.15, -0.1) is 0 Å². The highest BCUT2D eigenvalue weighted by molar-refractivity contribution is 8.04. The number of unbranched alkanes of at least 4 members (excludes halogenated alkanes) is 2. The summed E-state index contributed by atoms with van der Waals surface area (Å²) in [5.74, 6) is 0.666. The lowest BCUT2D eigenvalue weighted by Gasteiger charge is -2.12. The van der Waals surface area contributed by atoms with Crippen molar-refractivity contribution in [2.75, 3.05) is 6.66 Å². The van der Waals surface area contributed by atoms with Crippen LogP contribution in [0.1, 0.15) is 75.6 Å². The van der Waals surface area contributed by atoms with E-state index in [4.69, 9.17) is 11.8 Å². The molecule has 0 heterocycles. The van der Waals surface area contributed by atoms with Gasteiger partial charge in [-0.3, -0.25) is 0 Å². The van der Waals surface area contributed by atoms with E-state index in [-0.39, 0.29) is 6.70 Å². The Morgan fingerprint density at radius 1 is 1.05 bits per heavy atom. The van der Waals surface area contributed by atoms with E-state index in [0.29, 0.717) is 11.6 Å². The van der Waals surface area contributed by atoms with E-state index < -0.39 is 0 Å². The summed E-state index contributed by atoms with van der Waals surface area (Å²) in [6.45, 7) is 8.75. The quantitative estimate of drug-likeness (QED) is 0.395. The molecule has 0 radical (unpaired) electrons. The smallest absolute Gasteiger partial charge is 0.0654 e. The lowest BCUT2D eigenvalue weighted by molar-refractivity contribution is 0.657. The van der Waals surface area contributed by atoms with Crippen molar-refractivity contribution in [1.29, 1.82) is 0 Å². The summed E-state index contributed by atoms with van der Waals surface area (Å²) in [5, 5.41) is 0. The number of hydrogen-bond donors (Lipinski definition) is 0. The maximum Gasteiger partial charge on any atom is 0.179 e. The highest BCUT2D eigenvalue weighted by Gasteiger charge is 2.22. The molecule has 0 amide bonds. The summed E-state index contributed by atoms with van der Waals surface area (Å²) in [7, 11) is 0. The fourth-order valence-corrected chi connectivity index (χ4v) is 4.25. The van der Waals surface area contributed by atoms with Gasteiger partial charge in [-0.05, 0) is 30.7 Å². The summed E-state index contributed by atoms with van der Waals surface area (Å²) in [6, 6.07) is 9.27. The molecule has 3 atom stereocenters. The van der Waals surface area contributed by atoms with Gasteiger partial charge in [0, 0.05) is 5.56 Å². The maximum atomic E-state index is 5.60. The molecule has 2 heteroatoms. The zero-order valence-corrected chi connectivity index (χ0v) is 14.6. The molecule has 0 saturated carbocycles. The van der Waals surface area contributed by atoms with Crippen LogP contribution in [0.4, 0.5) is 0 Å². The average Bonchev–Trinajstić information content (AvgIpc) is 2.42.